The van der Waals surface area contributed by atoms with E-state index in [1.807, 2.05) is 36.4 Å². The highest BCUT2D eigenvalue weighted by Gasteiger charge is 2.33. The van der Waals surface area contributed by atoms with Gasteiger partial charge in [-0.05, 0) is 116 Å². The van der Waals surface area contributed by atoms with Crippen molar-refractivity contribution in [1.82, 2.24) is 44.6 Å². The lowest BCUT2D eigenvalue weighted by Gasteiger charge is -2.36. The van der Waals surface area contributed by atoms with Crippen LogP contribution in [0.15, 0.2) is 116 Å². The number of methoxy groups -OCH3 is 1. The molecule has 2 aliphatic rings. The maximum absolute atomic E-state index is 16.8. The zero-order valence-corrected chi connectivity index (χ0v) is 56.5. The number of carbonyl (C=O) groups is 4. The summed E-state index contributed by atoms with van der Waals surface area (Å²) in [6.45, 7) is 7.25. The fourth-order valence-electron chi connectivity index (χ4n) is 13.1. The first-order valence-electron chi connectivity index (χ1n) is 32.7. The molecule has 1 atom stereocenters. The largest absolute Gasteiger partial charge is 0.496 e. The Kier molecular flexibility index (Phi) is 22.9. The van der Waals surface area contributed by atoms with Crippen LogP contribution < -0.4 is 15.0 Å². The summed E-state index contributed by atoms with van der Waals surface area (Å²) in [6, 6.07) is 24.3. The number of sulfone groups is 1. The van der Waals surface area contributed by atoms with E-state index in [2.05, 4.69) is 36.5 Å². The van der Waals surface area contributed by atoms with E-state index in [-0.39, 0.29) is 63.9 Å². The quantitative estimate of drug-likeness (QED) is 0.0335. The molecule has 0 bridgehead atoms. The number of piperazine rings is 1. The Balaban J connectivity index is 0.658. The third-order valence-electron chi connectivity index (χ3n) is 18.2. The molecule has 17 nitrogen and oxygen atoms in total. The number of nitrogens with zero attached hydrogens (tertiary/aromatic N) is 8. The summed E-state index contributed by atoms with van der Waals surface area (Å²) in [5, 5.41) is 11.5. The molecule has 2 aliphatic heterocycles. The third kappa shape index (κ3) is 16.9. The number of aromatic amines is 1. The number of benzene rings is 5. The van der Waals surface area contributed by atoms with Crippen molar-refractivity contribution in [2.45, 2.75) is 103 Å². The topological polar surface area (TPSA) is 188 Å². The van der Waals surface area contributed by atoms with Gasteiger partial charge in [0.1, 0.15) is 32.9 Å². The second-order valence-corrected chi connectivity index (χ2v) is 27.9. The molecule has 502 valence electrons. The summed E-state index contributed by atoms with van der Waals surface area (Å²) in [5.74, 6) is -3.47. The van der Waals surface area contributed by atoms with Crippen molar-refractivity contribution in [2.75, 3.05) is 83.9 Å². The Morgan fingerprint density at radius 1 is 0.789 bits per heavy atom. The van der Waals surface area contributed by atoms with Gasteiger partial charge in [0.15, 0.2) is 5.82 Å². The highest BCUT2D eigenvalue weighted by Crippen LogP contribution is 2.43. The number of hydrogen-bond donors (Lipinski definition) is 2. The van der Waals surface area contributed by atoms with E-state index in [0.717, 1.165) is 100 Å². The normalized spacial score (nSPS) is 14.1. The van der Waals surface area contributed by atoms with Gasteiger partial charge in [-0.2, -0.15) is 0 Å². The number of ketones is 1. The van der Waals surface area contributed by atoms with Crippen LogP contribution in [0.5, 0.6) is 5.75 Å². The van der Waals surface area contributed by atoms with Gasteiger partial charge in [-0.15, -0.1) is 5.10 Å². The number of unbranched alkanes of at least 4 members (excludes halogenated alkanes) is 9. The number of rotatable bonds is 29. The van der Waals surface area contributed by atoms with Gasteiger partial charge in [0.25, 0.3) is 11.8 Å². The number of carbonyl (C=O) groups excluding carboxylic acids is 4. The predicted octanol–water partition coefficient (Wildman–Crippen LogP) is 13.2. The van der Waals surface area contributed by atoms with Crippen LogP contribution in [0.1, 0.15) is 142 Å². The predicted molar refractivity (Wildman–Crippen MR) is 367 cm³/mol. The van der Waals surface area contributed by atoms with Crippen molar-refractivity contribution in [3.63, 3.8) is 0 Å². The van der Waals surface area contributed by atoms with Crippen LogP contribution in [0.25, 0.3) is 38.7 Å². The van der Waals surface area contributed by atoms with Gasteiger partial charge in [0, 0.05) is 135 Å². The summed E-state index contributed by atoms with van der Waals surface area (Å²) in [7, 11) is 2.88. The molecule has 8 aromatic rings. The van der Waals surface area contributed by atoms with Crippen molar-refractivity contribution in [1.29, 1.82) is 0 Å². The van der Waals surface area contributed by atoms with E-state index in [0.29, 0.717) is 63.5 Å². The van der Waals surface area contributed by atoms with Crippen LogP contribution in [0.4, 0.5) is 18.9 Å². The molecule has 5 heterocycles. The highest BCUT2D eigenvalue weighted by atomic mass is 35.5. The molecule has 22 heteroatoms. The van der Waals surface area contributed by atoms with Gasteiger partial charge in [-0.25, -0.2) is 21.6 Å². The Morgan fingerprint density at radius 2 is 1.49 bits per heavy atom. The third-order valence-corrected chi connectivity index (χ3v) is 19.4. The molecule has 0 saturated carbocycles. The minimum atomic E-state index is -3.64. The van der Waals surface area contributed by atoms with E-state index in [1.54, 1.807) is 92.7 Å². The van der Waals surface area contributed by atoms with Crippen molar-refractivity contribution >= 4 is 67.1 Å². The Hall–Kier alpha value is -8.53. The van der Waals surface area contributed by atoms with Crippen LogP contribution in [-0.4, -0.2) is 150 Å². The molecular formula is C73H84ClF3N10O7S. The number of amides is 3. The molecule has 0 spiro atoms. The van der Waals surface area contributed by atoms with Crippen molar-refractivity contribution in [3.8, 4) is 28.0 Å². The second kappa shape index (κ2) is 31.4. The van der Waals surface area contributed by atoms with Gasteiger partial charge in [0.2, 0.25) is 11.7 Å². The molecular weight excluding hydrogens is 1250 g/mol. The van der Waals surface area contributed by atoms with Gasteiger partial charge in [-0.1, -0.05) is 111 Å². The van der Waals surface area contributed by atoms with E-state index < -0.39 is 50.8 Å². The van der Waals surface area contributed by atoms with E-state index in [1.165, 1.54) is 61.1 Å². The molecule has 95 heavy (non-hydrogen) atoms. The number of halogens is 4. The number of H-pyrrole nitrogens is 1. The van der Waals surface area contributed by atoms with Crippen molar-refractivity contribution < 1.29 is 45.5 Å². The second-order valence-electron chi connectivity index (χ2n) is 25.3. The number of aryl methyl sites for hydroxylation is 3. The van der Waals surface area contributed by atoms with Gasteiger partial charge < -0.3 is 34.3 Å². The standard InChI is InChI=1S/C73H84ClF3N10O7S/c1-48-60(75)29-30-61(76)66(48)67-59(72(90)80-63(47-95(6,92)93)51-20-17-22-53(74)41-51)46-83(4)70(67)71(89)50-25-23-49(24-26-50)19-15-13-11-9-7-8-10-12-14-16-33-84-37-39-85(40-38-84)54-27-28-55(64(42-54)94-5)57-43-56(68(77)69-58(57)44-62(79-69)73(91)82(2)3)52-21-18-34-86(45-52)65(88)31-35-87-36-32-78-81-87/h17,20-30,32,36,41-44,46,63,79H,7-16,18-19,31,33-35,37-40,45,47H2,1-6H3,(H,80,90)/t63-/m0/s1. The number of anilines is 1. The average molecular weight is 1340 g/mol. The summed E-state index contributed by atoms with van der Waals surface area (Å²) in [5.41, 5.74) is 5.27. The lowest BCUT2D eigenvalue weighted by Crippen LogP contribution is -2.46. The van der Waals surface area contributed by atoms with E-state index in [9.17, 15) is 27.6 Å². The Morgan fingerprint density at radius 3 is 2.17 bits per heavy atom. The van der Waals surface area contributed by atoms with Crippen LogP contribution in [0, 0.1) is 24.4 Å². The van der Waals surface area contributed by atoms with E-state index >= 15 is 13.2 Å². The van der Waals surface area contributed by atoms with E-state index in [4.69, 9.17) is 16.3 Å². The summed E-state index contributed by atoms with van der Waals surface area (Å²) >= 11 is 6.24. The lowest BCUT2D eigenvalue weighted by molar-refractivity contribution is -0.131. The molecule has 3 aromatic heterocycles. The molecule has 0 radical (unpaired) electrons. The zero-order chi connectivity index (χ0) is 67.5. The van der Waals surface area contributed by atoms with Gasteiger partial charge in [-0.3, -0.25) is 28.8 Å². The molecule has 10 rings (SSSR count). The minimum absolute atomic E-state index is 0.0272. The first-order valence-corrected chi connectivity index (χ1v) is 35.2. The Labute approximate surface area is 559 Å². The molecule has 1 saturated heterocycles. The SMILES string of the molecule is COc1cc(N2CCN(CCCCCCCCCCCCc3ccc(C(=O)c4c(-c5c(F)ccc(F)c5C)c(C(=O)N[C@@H](CS(C)(=O)=O)c5cccc(Cl)c5)cn4C)cc3)CC2)ccc1-c1cc(C2=CCCN(C(=O)CCn3ccnn3)C2)c(F)c2[nH]c(C(=O)N(C)C)cc12. The summed E-state index contributed by atoms with van der Waals surface area (Å²) in [4.78, 5) is 66.6. The molecule has 2 N–H and O–H groups in total. The molecule has 3 amide bonds. The number of hydrogen-bond acceptors (Lipinski definition) is 11. The number of ether oxygens (including phenoxy) is 1. The average Bonchev–Trinajstić information content (AvgIpc) is 1.67. The first kappa shape index (κ1) is 69.3. The first-order chi connectivity index (χ1) is 45.7. The monoisotopic (exact) mass is 1340 g/mol. The fraction of sp³-hybridized carbons (Fsp3) is 0.397. The van der Waals surface area contributed by atoms with Crippen LogP contribution in [-0.2, 0) is 34.6 Å². The van der Waals surface area contributed by atoms with Gasteiger partial charge >= 0.3 is 0 Å². The number of fused-ring (bicyclic) bond motifs is 1. The van der Waals surface area contributed by atoms with Crippen molar-refractivity contribution in [3.05, 3.63) is 183 Å². The summed E-state index contributed by atoms with van der Waals surface area (Å²) < 4.78 is 82.1. The highest BCUT2D eigenvalue weighted by molar-refractivity contribution is 7.90. The molecule has 0 aliphatic carbocycles. The maximum atomic E-state index is 16.8. The summed E-state index contributed by atoms with van der Waals surface area (Å²) in [6.07, 6.45) is 20.9. The van der Waals surface area contributed by atoms with Crippen LogP contribution in [0.2, 0.25) is 5.02 Å². The molecule has 1 fully saturated rings. The maximum Gasteiger partial charge on any atom is 0.269 e. The van der Waals surface area contributed by atoms with Crippen LogP contribution >= 0.6 is 11.6 Å². The Bertz CT molecular complexity index is 4220. The number of nitrogens with one attached hydrogen (secondary N) is 2. The lowest BCUT2D eigenvalue weighted by atomic mass is 9.92. The minimum Gasteiger partial charge on any atom is -0.496 e. The van der Waals surface area contributed by atoms with Crippen LogP contribution in [0.3, 0.4) is 0 Å². The molecule has 5 aromatic carbocycles. The zero-order valence-electron chi connectivity index (χ0n) is 55.0. The van der Waals surface area contributed by atoms with Gasteiger partial charge in [0.05, 0.1) is 48.4 Å². The molecule has 0 unspecified atom stereocenters. The smallest absolute Gasteiger partial charge is 0.269 e. The number of aromatic nitrogens is 5. The fourth-order valence-corrected chi connectivity index (χ4v) is 14.2. The van der Waals surface area contributed by atoms with Crippen molar-refractivity contribution in [2.24, 2.45) is 7.05 Å².